The Balaban J connectivity index is 0.000000199. The molecule has 0 aliphatic heterocycles. The van der Waals surface area contributed by atoms with E-state index in [0.29, 0.717) is 17.5 Å². The van der Waals surface area contributed by atoms with Gasteiger partial charge in [-0.2, -0.15) is 13.2 Å². The number of amides is 1. The van der Waals surface area contributed by atoms with E-state index >= 15 is 0 Å². The quantitative estimate of drug-likeness (QED) is 0.112. The molecule has 0 saturated carbocycles. The van der Waals surface area contributed by atoms with Crippen molar-refractivity contribution in [2.45, 2.75) is 108 Å². The molecule has 1 amide bonds. The zero-order valence-electron chi connectivity index (χ0n) is 38.3. The van der Waals surface area contributed by atoms with Crippen molar-refractivity contribution in [2.24, 2.45) is 5.73 Å². The van der Waals surface area contributed by atoms with Gasteiger partial charge < -0.3 is 19.9 Å². The first-order chi connectivity index (χ1) is 31.3. The minimum absolute atomic E-state index is 0.102. The van der Waals surface area contributed by atoms with Crippen LogP contribution in [0.25, 0.3) is 0 Å². The van der Waals surface area contributed by atoms with Gasteiger partial charge in [-0.15, -0.1) is 0 Å². The lowest BCUT2D eigenvalue weighted by Gasteiger charge is -2.46. The first-order valence-electron chi connectivity index (χ1n) is 22.6. The number of halogens is 5. The maximum absolute atomic E-state index is 14.3. The normalized spacial score (nSPS) is 18.8. The predicted octanol–water partition coefficient (Wildman–Crippen LogP) is 11.2. The number of nitrogens with two attached hydrogens (primary N) is 1. The van der Waals surface area contributed by atoms with Gasteiger partial charge in [-0.3, -0.25) is 4.79 Å². The highest BCUT2D eigenvalue weighted by Crippen LogP contribution is 2.47. The molecule has 0 radical (unpaired) electrons. The number of hydrogen-bond acceptors (Lipinski definition) is 4. The van der Waals surface area contributed by atoms with Crippen LogP contribution in [0.3, 0.4) is 0 Å². The van der Waals surface area contributed by atoms with Crippen LogP contribution in [0.4, 0.5) is 22.0 Å². The van der Waals surface area contributed by atoms with Crippen molar-refractivity contribution >= 4 is 43.3 Å². The molecule has 12 heteroatoms. The van der Waals surface area contributed by atoms with Gasteiger partial charge >= 0.3 is 12.1 Å². The maximum Gasteiger partial charge on any atom is 0.471 e. The summed E-state index contributed by atoms with van der Waals surface area (Å²) < 4.78 is 81.6. The molecule has 8 rings (SSSR count). The van der Waals surface area contributed by atoms with Gasteiger partial charge in [0, 0.05) is 6.04 Å². The molecular weight excluding hydrogens is 876 g/mol. The van der Waals surface area contributed by atoms with Crippen molar-refractivity contribution in [1.82, 2.24) is 5.32 Å². The first kappa shape index (κ1) is 48.7. The smallest absolute Gasteiger partial charge is 0.400 e. The summed E-state index contributed by atoms with van der Waals surface area (Å²) in [5, 5.41) is 6.28. The fourth-order valence-corrected chi connectivity index (χ4v) is 19.4. The molecule has 6 aromatic rings. The van der Waals surface area contributed by atoms with E-state index in [2.05, 4.69) is 114 Å². The third-order valence-corrected chi connectivity index (χ3v) is 23.1. The van der Waals surface area contributed by atoms with Gasteiger partial charge in [-0.05, 0) is 103 Å². The Bertz CT molecular complexity index is 2490. The van der Waals surface area contributed by atoms with Crippen molar-refractivity contribution in [3.63, 3.8) is 0 Å². The van der Waals surface area contributed by atoms with Crippen molar-refractivity contribution in [1.29, 1.82) is 0 Å². The molecule has 3 N–H and O–H groups in total. The van der Waals surface area contributed by atoms with Crippen LogP contribution in [0, 0.1) is 11.6 Å². The second-order valence-corrected chi connectivity index (χ2v) is 27.9. The van der Waals surface area contributed by atoms with Gasteiger partial charge in [0.05, 0.1) is 18.2 Å². The SMILES string of the molecule is CC(C)(C)[Si](O[C@@H]1CC[C@@H](N)c2cc(F)ccc21)(c1ccccc1)c1ccccc1.CC(C)(C)[Si](O[C@@H]1CC[C@@H](NC(=O)C(F)(F)F)c2cc(F)ccc21)(c1ccccc1)c1ccccc1. The zero-order chi connectivity index (χ0) is 47.5. The van der Waals surface area contributed by atoms with Gasteiger partial charge in [0.2, 0.25) is 0 Å². The van der Waals surface area contributed by atoms with Crippen LogP contribution in [0.2, 0.25) is 10.1 Å². The minimum Gasteiger partial charge on any atom is -0.400 e. The number of fused-ring (bicyclic) bond motifs is 2. The number of carbonyl (C=O) groups excluding carboxylic acids is 1. The molecule has 0 aromatic heterocycles. The number of carbonyl (C=O) groups is 1. The molecule has 0 fully saturated rings. The Morgan fingerprint density at radius 1 is 0.515 bits per heavy atom. The third-order valence-electron chi connectivity index (χ3n) is 13.1. The Morgan fingerprint density at radius 3 is 1.23 bits per heavy atom. The topological polar surface area (TPSA) is 73.6 Å². The summed E-state index contributed by atoms with van der Waals surface area (Å²) in [7, 11) is -5.64. The van der Waals surface area contributed by atoms with E-state index in [1.807, 2.05) is 59.9 Å². The van der Waals surface area contributed by atoms with Crippen molar-refractivity contribution in [2.75, 3.05) is 0 Å². The van der Waals surface area contributed by atoms with Crippen LogP contribution in [0.5, 0.6) is 0 Å². The first-order valence-corrected chi connectivity index (χ1v) is 26.4. The van der Waals surface area contributed by atoms with Crippen molar-refractivity contribution in [3.8, 4) is 0 Å². The molecule has 2 aliphatic rings. The number of rotatable bonds is 9. The second kappa shape index (κ2) is 19.5. The average molecular weight is 935 g/mol. The molecule has 2 aliphatic carbocycles. The van der Waals surface area contributed by atoms with E-state index in [9.17, 15) is 26.7 Å². The summed E-state index contributed by atoms with van der Waals surface area (Å²) in [5.74, 6) is -2.85. The number of nitrogens with one attached hydrogen (secondary N) is 1. The lowest BCUT2D eigenvalue weighted by molar-refractivity contribution is -0.174. The molecule has 0 heterocycles. The predicted molar refractivity (Wildman–Crippen MR) is 258 cm³/mol. The summed E-state index contributed by atoms with van der Waals surface area (Å²) in [6, 6.07) is 49.2. The van der Waals surface area contributed by atoms with E-state index in [-0.39, 0.29) is 34.5 Å². The van der Waals surface area contributed by atoms with Crippen LogP contribution in [0.1, 0.15) is 114 Å². The largest absolute Gasteiger partial charge is 0.471 e. The molecule has 4 atom stereocenters. The maximum atomic E-state index is 14.3. The molecule has 0 spiro atoms. The van der Waals surface area contributed by atoms with Gasteiger partial charge in [-0.1, -0.05) is 175 Å². The highest BCUT2D eigenvalue weighted by molar-refractivity contribution is 7.00. The van der Waals surface area contributed by atoms with Gasteiger partial charge in [0.25, 0.3) is 16.6 Å². The van der Waals surface area contributed by atoms with Crippen LogP contribution < -0.4 is 31.8 Å². The van der Waals surface area contributed by atoms with Crippen LogP contribution in [-0.2, 0) is 13.6 Å². The minimum atomic E-state index is -5.02. The summed E-state index contributed by atoms with van der Waals surface area (Å²) in [5.41, 5.74) is 9.17. The lowest BCUT2D eigenvalue weighted by Crippen LogP contribution is -2.67. The van der Waals surface area contributed by atoms with Crippen molar-refractivity contribution in [3.05, 3.63) is 192 Å². The lowest BCUT2D eigenvalue weighted by atomic mass is 9.85. The fraction of sp³-hybridized carbons (Fsp3) is 0.315. The Labute approximate surface area is 387 Å². The Hall–Kier alpha value is -5.25. The van der Waals surface area contributed by atoms with Crippen LogP contribution in [0.15, 0.2) is 158 Å². The van der Waals surface area contributed by atoms with E-state index in [0.717, 1.165) is 34.3 Å². The summed E-state index contributed by atoms with van der Waals surface area (Å²) in [4.78, 5) is 11.7. The van der Waals surface area contributed by atoms with Crippen LogP contribution in [-0.4, -0.2) is 28.7 Å². The molecule has 0 unspecified atom stereocenters. The highest BCUT2D eigenvalue weighted by atomic mass is 28.4. The van der Waals surface area contributed by atoms with E-state index in [4.69, 9.17) is 14.6 Å². The number of alkyl halides is 3. The van der Waals surface area contributed by atoms with Gasteiger partial charge in [0.15, 0.2) is 0 Å². The molecular formula is C54H59F5N2O3Si2. The van der Waals surface area contributed by atoms with E-state index < -0.39 is 46.7 Å². The average Bonchev–Trinajstić information content (AvgIpc) is 3.29. The molecule has 346 valence electrons. The number of hydrogen-bond donors (Lipinski definition) is 2. The second-order valence-electron chi connectivity index (χ2n) is 19.4. The zero-order valence-corrected chi connectivity index (χ0v) is 40.3. The fourth-order valence-electron chi connectivity index (χ4n) is 10.0. The monoisotopic (exact) mass is 934 g/mol. The highest BCUT2D eigenvalue weighted by Gasteiger charge is 2.54. The molecule has 6 aromatic carbocycles. The number of benzene rings is 6. The van der Waals surface area contributed by atoms with Crippen LogP contribution >= 0.6 is 0 Å². The standard InChI is InChI=1S/C28H29F4NO2Si.C26H30FNOSi/c1-27(2,3)36(20-10-6-4-7-11-20,21-12-8-5-9-13-21)35-25-17-16-24(33-26(34)28(30,31)32)23-18-19(29)14-15-22(23)25;1-26(2,3)30(20-10-6-4-7-11-20,21-12-8-5-9-13-21)29-25-17-16-24(28)23-18-19(27)14-15-22(23)25/h4-15,18,24-25H,16-17H2,1-3H3,(H,33,34);4-15,18,24-25H,16-17,28H2,1-3H3/t2*24-,25-/m11/s1. The summed E-state index contributed by atoms with van der Waals surface area (Å²) >= 11 is 0. The molecule has 5 nitrogen and oxygen atoms in total. The Morgan fingerprint density at radius 2 is 0.864 bits per heavy atom. The Kier molecular flexibility index (Phi) is 14.4. The summed E-state index contributed by atoms with van der Waals surface area (Å²) in [6.45, 7) is 13.2. The summed E-state index contributed by atoms with van der Waals surface area (Å²) in [6.07, 6.45) is -3.40. The van der Waals surface area contributed by atoms with Crippen molar-refractivity contribution < 1.29 is 35.6 Å². The van der Waals surface area contributed by atoms with E-state index in [1.54, 1.807) is 12.1 Å². The van der Waals surface area contributed by atoms with Gasteiger partial charge in [0.1, 0.15) is 11.6 Å². The van der Waals surface area contributed by atoms with Gasteiger partial charge in [-0.25, -0.2) is 8.78 Å². The molecule has 0 saturated heterocycles. The van der Waals surface area contributed by atoms with E-state index in [1.165, 1.54) is 28.6 Å². The third kappa shape index (κ3) is 9.89. The molecule has 66 heavy (non-hydrogen) atoms. The molecule has 0 bridgehead atoms.